The van der Waals surface area contributed by atoms with E-state index < -0.39 is 21.9 Å². The normalized spacial score (nSPS) is 17.3. The van der Waals surface area contributed by atoms with E-state index in [-0.39, 0.29) is 19.6 Å². The molecule has 0 atom stereocenters. The van der Waals surface area contributed by atoms with Crippen LogP contribution < -0.4 is 5.32 Å². The van der Waals surface area contributed by atoms with Gasteiger partial charge in [-0.1, -0.05) is 29.8 Å². The molecule has 2 aromatic carbocycles. The summed E-state index contributed by atoms with van der Waals surface area (Å²) in [4.78, 5) is 12.1. The number of nitrogens with zero attached hydrogens (tertiary/aromatic N) is 2. The molecule has 1 fully saturated rings. The molecule has 0 bridgehead atoms. The van der Waals surface area contributed by atoms with E-state index in [1.54, 1.807) is 0 Å². The smallest absolute Gasteiger partial charge is 0.282 e. The van der Waals surface area contributed by atoms with Crippen molar-refractivity contribution in [1.29, 1.82) is 0 Å². The van der Waals surface area contributed by atoms with Crippen LogP contribution >= 0.6 is 0 Å². The van der Waals surface area contributed by atoms with Crippen molar-refractivity contribution >= 4 is 21.8 Å². The Balaban J connectivity index is 1.62. The van der Waals surface area contributed by atoms with Crippen molar-refractivity contribution in [2.45, 2.75) is 13.5 Å². The molecule has 1 amide bonds. The van der Waals surface area contributed by atoms with Crippen molar-refractivity contribution in [1.82, 2.24) is 8.61 Å². The predicted molar refractivity (Wildman–Crippen MR) is 97.1 cm³/mol. The summed E-state index contributed by atoms with van der Waals surface area (Å²) in [5, 5.41) is 2.58. The van der Waals surface area contributed by atoms with Crippen molar-refractivity contribution in [2.24, 2.45) is 0 Å². The fourth-order valence-electron chi connectivity index (χ4n) is 2.85. The third-order valence-electron chi connectivity index (χ3n) is 4.14. The van der Waals surface area contributed by atoms with Crippen molar-refractivity contribution in [3.05, 3.63) is 65.5 Å². The Kier molecular flexibility index (Phi) is 5.36. The largest absolute Gasteiger partial charge is 0.325 e. The minimum atomic E-state index is -3.69. The molecule has 1 aliphatic heterocycles. The number of carbonyl (C=O) groups excluding carboxylic acids is 1. The Morgan fingerprint density at radius 1 is 1.12 bits per heavy atom. The van der Waals surface area contributed by atoms with Gasteiger partial charge in [-0.15, -0.1) is 0 Å². The van der Waals surface area contributed by atoms with Gasteiger partial charge in [0, 0.05) is 25.3 Å². The van der Waals surface area contributed by atoms with Crippen LogP contribution in [0, 0.1) is 12.7 Å². The van der Waals surface area contributed by atoms with Gasteiger partial charge in [0.2, 0.25) is 5.91 Å². The number of hydrogen-bond acceptors (Lipinski definition) is 3. The second-order valence-corrected chi connectivity index (χ2v) is 8.15. The summed E-state index contributed by atoms with van der Waals surface area (Å²) in [5.41, 5.74) is 2.39. The lowest BCUT2D eigenvalue weighted by molar-refractivity contribution is -0.116. The number of anilines is 1. The Hall–Kier alpha value is -2.29. The first-order valence-corrected chi connectivity index (χ1v) is 9.60. The highest BCUT2D eigenvalue weighted by molar-refractivity contribution is 7.87. The van der Waals surface area contributed by atoms with Gasteiger partial charge < -0.3 is 5.32 Å². The monoisotopic (exact) mass is 377 g/mol. The second kappa shape index (κ2) is 7.53. The van der Waals surface area contributed by atoms with Crippen molar-refractivity contribution in [2.75, 3.05) is 25.0 Å². The third-order valence-corrected chi connectivity index (χ3v) is 6.07. The molecular formula is C18H20FN3O3S. The SMILES string of the molecule is Cc1cccc(CN2CCN(CC(=O)Nc3ccc(F)cc3)S2(=O)=O)c1. The van der Waals surface area contributed by atoms with Gasteiger partial charge in [0.15, 0.2) is 0 Å². The first kappa shape index (κ1) is 18.5. The predicted octanol–water partition coefficient (Wildman–Crippen LogP) is 2.14. The summed E-state index contributed by atoms with van der Waals surface area (Å²) >= 11 is 0. The highest BCUT2D eigenvalue weighted by atomic mass is 32.2. The number of carbonyl (C=O) groups is 1. The summed E-state index contributed by atoms with van der Waals surface area (Å²) in [6.45, 7) is 2.54. The maximum absolute atomic E-state index is 12.9. The fourth-order valence-corrected chi connectivity index (χ4v) is 4.39. The standard InChI is InChI=1S/C18H20FN3O3S/c1-14-3-2-4-15(11-14)12-21-9-10-22(26(21,24)25)13-18(23)20-17-7-5-16(19)6-8-17/h2-8,11H,9-10,12-13H2,1H3,(H,20,23). The molecule has 3 rings (SSSR count). The Morgan fingerprint density at radius 3 is 2.50 bits per heavy atom. The van der Waals surface area contributed by atoms with E-state index in [0.29, 0.717) is 12.2 Å². The first-order valence-electron chi connectivity index (χ1n) is 8.21. The Morgan fingerprint density at radius 2 is 1.81 bits per heavy atom. The average molecular weight is 377 g/mol. The van der Waals surface area contributed by atoms with E-state index >= 15 is 0 Å². The van der Waals surface area contributed by atoms with E-state index in [1.165, 1.54) is 28.6 Å². The van der Waals surface area contributed by atoms with Gasteiger partial charge in [-0.2, -0.15) is 17.0 Å². The van der Waals surface area contributed by atoms with Crippen molar-refractivity contribution < 1.29 is 17.6 Å². The zero-order valence-corrected chi connectivity index (χ0v) is 15.2. The van der Waals surface area contributed by atoms with Crippen LogP contribution in [0.2, 0.25) is 0 Å². The van der Waals surface area contributed by atoms with Crippen LogP contribution in [0.3, 0.4) is 0 Å². The average Bonchev–Trinajstić information content (AvgIpc) is 2.84. The zero-order valence-electron chi connectivity index (χ0n) is 14.4. The molecule has 0 spiro atoms. The molecular weight excluding hydrogens is 357 g/mol. The second-order valence-electron chi connectivity index (χ2n) is 6.22. The van der Waals surface area contributed by atoms with E-state index in [9.17, 15) is 17.6 Å². The third kappa shape index (κ3) is 4.27. The molecule has 0 unspecified atom stereocenters. The maximum Gasteiger partial charge on any atom is 0.282 e. The zero-order chi connectivity index (χ0) is 18.7. The number of aryl methyl sites for hydroxylation is 1. The number of nitrogens with one attached hydrogen (secondary N) is 1. The Bertz CT molecular complexity index is 900. The molecule has 6 nitrogen and oxygen atoms in total. The molecule has 1 saturated heterocycles. The number of amides is 1. The lowest BCUT2D eigenvalue weighted by Crippen LogP contribution is -2.37. The molecule has 0 aromatic heterocycles. The van der Waals surface area contributed by atoms with Gasteiger partial charge in [-0.25, -0.2) is 4.39 Å². The molecule has 26 heavy (non-hydrogen) atoms. The quantitative estimate of drug-likeness (QED) is 0.868. The van der Waals surface area contributed by atoms with E-state index in [4.69, 9.17) is 0 Å². The van der Waals surface area contributed by atoms with Crippen LogP contribution in [-0.4, -0.2) is 42.6 Å². The maximum atomic E-state index is 12.9. The molecule has 0 radical (unpaired) electrons. The lowest BCUT2D eigenvalue weighted by Gasteiger charge is -2.18. The van der Waals surface area contributed by atoms with Gasteiger partial charge in [0.1, 0.15) is 5.82 Å². The lowest BCUT2D eigenvalue weighted by atomic mass is 10.1. The fraction of sp³-hybridized carbons (Fsp3) is 0.278. The van der Waals surface area contributed by atoms with Gasteiger partial charge in [0.05, 0.1) is 6.54 Å². The van der Waals surface area contributed by atoms with Crippen LogP contribution in [-0.2, 0) is 21.5 Å². The molecule has 1 aliphatic rings. The first-order chi connectivity index (χ1) is 12.3. The van der Waals surface area contributed by atoms with Crippen LogP contribution in [0.4, 0.5) is 10.1 Å². The highest BCUT2D eigenvalue weighted by Crippen LogP contribution is 2.20. The summed E-state index contributed by atoms with van der Waals surface area (Å²) in [7, 11) is -3.69. The summed E-state index contributed by atoms with van der Waals surface area (Å²) in [5.74, 6) is -0.866. The minimum Gasteiger partial charge on any atom is -0.325 e. The van der Waals surface area contributed by atoms with Crippen molar-refractivity contribution in [3.63, 3.8) is 0 Å². The summed E-state index contributed by atoms with van der Waals surface area (Å²) in [6.07, 6.45) is 0. The van der Waals surface area contributed by atoms with Crippen LogP contribution in [0.15, 0.2) is 48.5 Å². The van der Waals surface area contributed by atoms with Crippen LogP contribution in [0.5, 0.6) is 0 Å². The molecule has 1 N–H and O–H groups in total. The molecule has 138 valence electrons. The molecule has 8 heteroatoms. The number of hydrogen-bond donors (Lipinski definition) is 1. The Labute approximate surface area is 152 Å². The van der Waals surface area contributed by atoms with E-state index in [2.05, 4.69) is 5.32 Å². The van der Waals surface area contributed by atoms with Gasteiger partial charge in [-0.05, 0) is 36.8 Å². The van der Waals surface area contributed by atoms with Crippen molar-refractivity contribution in [3.8, 4) is 0 Å². The number of halogens is 1. The van der Waals surface area contributed by atoms with E-state index in [0.717, 1.165) is 15.4 Å². The van der Waals surface area contributed by atoms with Crippen LogP contribution in [0.1, 0.15) is 11.1 Å². The van der Waals surface area contributed by atoms with Gasteiger partial charge in [0.25, 0.3) is 10.2 Å². The van der Waals surface area contributed by atoms with E-state index in [1.807, 2.05) is 31.2 Å². The molecule has 0 aliphatic carbocycles. The van der Waals surface area contributed by atoms with Crippen LogP contribution in [0.25, 0.3) is 0 Å². The number of rotatable bonds is 5. The molecule has 1 heterocycles. The molecule has 0 saturated carbocycles. The molecule has 2 aromatic rings. The number of benzene rings is 2. The van der Waals surface area contributed by atoms with Gasteiger partial charge in [-0.3, -0.25) is 4.79 Å². The van der Waals surface area contributed by atoms with Gasteiger partial charge >= 0.3 is 0 Å². The summed E-state index contributed by atoms with van der Waals surface area (Å²) < 4.78 is 40.7. The highest BCUT2D eigenvalue weighted by Gasteiger charge is 2.37. The minimum absolute atomic E-state index is 0.255. The topological polar surface area (TPSA) is 69.7 Å². The summed E-state index contributed by atoms with van der Waals surface area (Å²) in [6, 6.07) is 13.0.